The summed E-state index contributed by atoms with van der Waals surface area (Å²) >= 11 is 1.42. The van der Waals surface area contributed by atoms with Crippen LogP contribution in [-0.2, 0) is 4.79 Å². The van der Waals surface area contributed by atoms with Crippen LogP contribution in [0.3, 0.4) is 0 Å². The van der Waals surface area contributed by atoms with E-state index in [-0.39, 0.29) is 19.3 Å². The van der Waals surface area contributed by atoms with E-state index in [1.54, 1.807) is 42.1 Å². The van der Waals surface area contributed by atoms with Gasteiger partial charge in [-0.3, -0.25) is 4.79 Å². The van der Waals surface area contributed by atoms with Crippen LogP contribution in [0.15, 0.2) is 53.9 Å². The van der Waals surface area contributed by atoms with Crippen LogP contribution >= 0.6 is 11.3 Å². The van der Waals surface area contributed by atoms with Gasteiger partial charge >= 0.3 is 0 Å². The van der Waals surface area contributed by atoms with E-state index in [0.717, 1.165) is 22.7 Å². The third-order valence-corrected chi connectivity index (χ3v) is 5.67. The number of fused-ring (bicyclic) bond motifs is 1. The molecule has 4 aromatic rings. The van der Waals surface area contributed by atoms with E-state index in [1.165, 1.54) is 11.3 Å². The van der Waals surface area contributed by atoms with Gasteiger partial charge in [0.2, 0.25) is 11.9 Å². The zero-order valence-corrected chi connectivity index (χ0v) is 18.7. The van der Waals surface area contributed by atoms with Crippen molar-refractivity contribution in [1.29, 1.82) is 0 Å². The Morgan fingerprint density at radius 3 is 2.88 bits per heavy atom. The number of nitrogens with zero attached hydrogens (tertiary/aromatic N) is 3. The number of thiazole rings is 1. The number of benzene rings is 2. The minimum Gasteiger partial charge on any atom is -0.497 e. The second-order valence-electron chi connectivity index (χ2n) is 7.18. The van der Waals surface area contributed by atoms with Crippen LogP contribution in [0.2, 0.25) is 0 Å². The van der Waals surface area contributed by atoms with Crippen LogP contribution in [0.5, 0.6) is 23.0 Å². The van der Waals surface area contributed by atoms with Crippen molar-refractivity contribution < 1.29 is 23.7 Å². The predicted molar refractivity (Wildman–Crippen MR) is 123 cm³/mol. The Morgan fingerprint density at radius 2 is 2.00 bits per heavy atom. The number of nitrogens with one attached hydrogen (secondary N) is 1. The number of methoxy groups -OCH3 is 1. The number of rotatable bonds is 7. The molecule has 0 saturated carbocycles. The molecule has 0 aliphatic carbocycles. The highest BCUT2D eigenvalue weighted by Crippen LogP contribution is 2.36. The molecule has 1 amide bonds. The van der Waals surface area contributed by atoms with Gasteiger partial charge in [-0.1, -0.05) is 6.07 Å². The summed E-state index contributed by atoms with van der Waals surface area (Å²) in [5.74, 6) is 2.81. The van der Waals surface area contributed by atoms with E-state index in [2.05, 4.69) is 10.4 Å². The fraction of sp³-hybridized carbons (Fsp3) is 0.174. The van der Waals surface area contributed by atoms with Crippen LogP contribution in [0.25, 0.3) is 16.4 Å². The Bertz CT molecular complexity index is 1320. The summed E-state index contributed by atoms with van der Waals surface area (Å²) in [6.45, 7) is 1.92. The van der Waals surface area contributed by atoms with E-state index < -0.39 is 0 Å². The predicted octanol–water partition coefficient (Wildman–Crippen LogP) is 4.06. The highest BCUT2D eigenvalue weighted by atomic mass is 32.1. The van der Waals surface area contributed by atoms with Gasteiger partial charge in [0.25, 0.3) is 5.91 Å². The van der Waals surface area contributed by atoms with Crippen LogP contribution in [0.4, 0.5) is 5.82 Å². The average Bonchev–Trinajstić information content (AvgIpc) is 3.57. The topological polar surface area (TPSA) is 96.7 Å². The van der Waals surface area contributed by atoms with Crippen molar-refractivity contribution in [3.05, 3.63) is 59.6 Å². The molecule has 5 rings (SSSR count). The molecule has 0 atom stereocenters. The van der Waals surface area contributed by atoms with E-state index in [0.29, 0.717) is 28.2 Å². The van der Waals surface area contributed by atoms with Crippen LogP contribution in [0.1, 0.15) is 5.69 Å². The third kappa shape index (κ3) is 4.46. The van der Waals surface area contributed by atoms with Crippen molar-refractivity contribution in [2.24, 2.45) is 0 Å². The number of amides is 1. The van der Waals surface area contributed by atoms with Crippen LogP contribution in [0, 0.1) is 6.92 Å². The lowest BCUT2D eigenvalue weighted by Crippen LogP contribution is -2.21. The van der Waals surface area contributed by atoms with Crippen LogP contribution in [-0.4, -0.2) is 41.2 Å². The number of ether oxygens (including phenoxy) is 4. The van der Waals surface area contributed by atoms with Gasteiger partial charge in [-0.15, -0.1) is 11.3 Å². The highest BCUT2D eigenvalue weighted by molar-refractivity contribution is 7.12. The summed E-state index contributed by atoms with van der Waals surface area (Å²) in [4.78, 5) is 17.2. The second kappa shape index (κ2) is 8.83. The summed E-state index contributed by atoms with van der Waals surface area (Å²) in [5.41, 5.74) is 2.43. The first kappa shape index (κ1) is 20.8. The standard InChI is InChI=1S/C23H20N4O5S/c1-14-8-21(25-22(28)11-30-17-5-3-4-16(10-17)29-2)27(26-14)23-24-18(12-33-23)15-6-7-19-20(9-15)32-13-31-19/h3-10,12H,11,13H2,1-2H3,(H,25,28). The molecular formula is C23H20N4O5S. The lowest BCUT2D eigenvalue weighted by atomic mass is 10.1. The van der Waals surface area contributed by atoms with Crippen molar-refractivity contribution in [1.82, 2.24) is 14.8 Å². The normalized spacial score (nSPS) is 11.9. The summed E-state index contributed by atoms with van der Waals surface area (Å²) in [5, 5.41) is 9.89. The second-order valence-corrected chi connectivity index (χ2v) is 8.02. The Hall–Kier alpha value is -4.05. The highest BCUT2D eigenvalue weighted by Gasteiger charge is 2.17. The Balaban J connectivity index is 1.30. The number of hydrogen-bond acceptors (Lipinski definition) is 8. The maximum atomic E-state index is 12.5. The molecule has 0 unspecified atom stereocenters. The molecule has 0 saturated heterocycles. The zero-order chi connectivity index (χ0) is 22.8. The number of aryl methyl sites for hydroxylation is 1. The van der Waals surface area contributed by atoms with Gasteiger partial charge in [0.1, 0.15) is 17.3 Å². The van der Waals surface area contributed by atoms with Crippen LogP contribution < -0.4 is 24.3 Å². The van der Waals surface area contributed by atoms with Crippen molar-refractivity contribution >= 4 is 23.1 Å². The summed E-state index contributed by atoms with van der Waals surface area (Å²) < 4.78 is 23.2. The van der Waals surface area contributed by atoms with Gasteiger partial charge in [0, 0.05) is 23.1 Å². The summed E-state index contributed by atoms with van der Waals surface area (Å²) in [6, 6.07) is 14.6. The first-order valence-electron chi connectivity index (χ1n) is 10.1. The molecule has 1 N–H and O–H groups in total. The molecule has 168 valence electrons. The zero-order valence-electron chi connectivity index (χ0n) is 17.9. The molecule has 9 nitrogen and oxygen atoms in total. The molecule has 0 bridgehead atoms. The number of anilines is 1. The van der Waals surface area contributed by atoms with E-state index in [4.69, 9.17) is 23.9 Å². The van der Waals surface area contributed by atoms with E-state index >= 15 is 0 Å². The molecule has 3 heterocycles. The number of carbonyl (C=O) groups is 1. The molecule has 0 radical (unpaired) electrons. The lowest BCUT2D eigenvalue weighted by molar-refractivity contribution is -0.118. The fourth-order valence-electron chi connectivity index (χ4n) is 3.30. The molecule has 0 fully saturated rings. The largest absolute Gasteiger partial charge is 0.497 e. The Labute approximate surface area is 193 Å². The first-order valence-corrected chi connectivity index (χ1v) is 11.0. The Morgan fingerprint density at radius 1 is 1.15 bits per heavy atom. The third-order valence-electron chi connectivity index (χ3n) is 4.85. The maximum Gasteiger partial charge on any atom is 0.263 e. The molecule has 0 spiro atoms. The number of aromatic nitrogens is 3. The molecule has 2 aromatic carbocycles. The quantitative estimate of drug-likeness (QED) is 0.441. The first-order chi connectivity index (χ1) is 16.1. The smallest absolute Gasteiger partial charge is 0.263 e. The molecule has 2 aromatic heterocycles. The van der Waals surface area contributed by atoms with Gasteiger partial charge in [0.05, 0.1) is 18.5 Å². The lowest BCUT2D eigenvalue weighted by Gasteiger charge is -2.09. The molecule has 10 heteroatoms. The van der Waals surface area contributed by atoms with Gasteiger partial charge in [0.15, 0.2) is 18.1 Å². The van der Waals surface area contributed by atoms with Gasteiger partial charge in [-0.2, -0.15) is 9.78 Å². The van der Waals surface area contributed by atoms with Gasteiger partial charge in [-0.25, -0.2) is 4.98 Å². The maximum absolute atomic E-state index is 12.5. The average molecular weight is 465 g/mol. The summed E-state index contributed by atoms with van der Waals surface area (Å²) in [6.07, 6.45) is 0. The molecule has 33 heavy (non-hydrogen) atoms. The van der Waals surface area contributed by atoms with E-state index in [9.17, 15) is 4.79 Å². The SMILES string of the molecule is COc1cccc(OCC(=O)Nc2cc(C)nn2-c2nc(-c3ccc4c(c3)OCO4)cs2)c1. The summed E-state index contributed by atoms with van der Waals surface area (Å²) in [7, 11) is 1.58. The fourth-order valence-corrected chi connectivity index (χ4v) is 4.10. The van der Waals surface area contributed by atoms with Crippen molar-refractivity contribution in [2.45, 2.75) is 6.92 Å². The molecule has 1 aliphatic rings. The van der Waals surface area contributed by atoms with Gasteiger partial charge < -0.3 is 24.3 Å². The van der Waals surface area contributed by atoms with Crippen molar-refractivity contribution in [3.63, 3.8) is 0 Å². The van der Waals surface area contributed by atoms with Gasteiger partial charge in [-0.05, 0) is 37.3 Å². The minimum absolute atomic E-state index is 0.155. The monoisotopic (exact) mass is 464 g/mol. The number of carbonyl (C=O) groups excluding carboxylic acids is 1. The van der Waals surface area contributed by atoms with E-state index in [1.807, 2.05) is 30.5 Å². The number of hydrogen-bond donors (Lipinski definition) is 1. The minimum atomic E-state index is -0.313. The van der Waals surface area contributed by atoms with Crippen molar-refractivity contribution in [3.8, 4) is 39.4 Å². The molecular weight excluding hydrogens is 444 g/mol. The Kier molecular flexibility index (Phi) is 5.57. The van der Waals surface area contributed by atoms with Crippen molar-refractivity contribution in [2.75, 3.05) is 25.8 Å². The molecule has 1 aliphatic heterocycles.